The third-order valence-corrected chi connectivity index (χ3v) is 2.81. The summed E-state index contributed by atoms with van der Waals surface area (Å²) in [4.78, 5) is 13.6. The Morgan fingerprint density at radius 3 is 2.29 bits per heavy atom. The van der Waals surface area contributed by atoms with Crippen LogP contribution in [0.1, 0.15) is 20.8 Å². The van der Waals surface area contributed by atoms with Crippen LogP contribution in [0.2, 0.25) is 0 Å². The molecule has 0 radical (unpaired) electrons. The summed E-state index contributed by atoms with van der Waals surface area (Å²) < 4.78 is 4.99. The van der Waals surface area contributed by atoms with Gasteiger partial charge in [0.25, 0.3) is 0 Å². The van der Waals surface area contributed by atoms with Crippen molar-refractivity contribution in [1.29, 1.82) is 0 Å². The van der Waals surface area contributed by atoms with Crippen LogP contribution in [0.4, 0.5) is 0 Å². The zero-order valence-electron chi connectivity index (χ0n) is 9.83. The smallest absolute Gasteiger partial charge is 0.312 e. The van der Waals surface area contributed by atoms with Crippen molar-refractivity contribution in [2.45, 2.75) is 26.3 Å². The van der Waals surface area contributed by atoms with Crippen molar-refractivity contribution in [2.24, 2.45) is 11.7 Å². The molecule has 0 spiro atoms. The maximum absolute atomic E-state index is 11.6. The van der Waals surface area contributed by atoms with Crippen molar-refractivity contribution in [3.8, 4) is 0 Å². The van der Waals surface area contributed by atoms with Crippen molar-refractivity contribution in [3.05, 3.63) is 0 Å². The average molecular weight is 202 g/mol. The number of hydrogen-bond acceptors (Lipinski definition) is 4. The van der Waals surface area contributed by atoms with Crippen LogP contribution in [0.25, 0.3) is 0 Å². The van der Waals surface area contributed by atoms with Gasteiger partial charge in [0.2, 0.25) is 0 Å². The largest absolute Gasteiger partial charge is 0.466 e. The van der Waals surface area contributed by atoms with Gasteiger partial charge in [0.05, 0.1) is 12.5 Å². The quantitative estimate of drug-likeness (QED) is 0.658. The summed E-state index contributed by atoms with van der Waals surface area (Å²) in [5.74, 6) is -0.494. The van der Waals surface area contributed by atoms with E-state index in [0.717, 1.165) is 0 Å². The van der Waals surface area contributed by atoms with E-state index in [1.54, 1.807) is 6.92 Å². The van der Waals surface area contributed by atoms with Crippen molar-refractivity contribution >= 4 is 5.97 Å². The van der Waals surface area contributed by atoms with E-state index >= 15 is 0 Å². The molecular weight excluding hydrogens is 180 g/mol. The number of carbonyl (C=O) groups is 1. The molecule has 0 saturated heterocycles. The number of nitrogens with zero attached hydrogens (tertiary/aromatic N) is 1. The SMILES string of the molecule is CCOC(=O)[C@@H](CN)C(C)(C)N(C)C. The van der Waals surface area contributed by atoms with Crippen LogP contribution in [0, 0.1) is 5.92 Å². The number of esters is 1. The number of nitrogens with two attached hydrogens (primary N) is 1. The van der Waals surface area contributed by atoms with Crippen LogP contribution in [0.15, 0.2) is 0 Å². The Kier molecular flexibility index (Phi) is 5.08. The van der Waals surface area contributed by atoms with Gasteiger partial charge in [-0.1, -0.05) is 0 Å². The van der Waals surface area contributed by atoms with Crippen LogP contribution < -0.4 is 5.73 Å². The van der Waals surface area contributed by atoms with E-state index in [-0.39, 0.29) is 17.4 Å². The van der Waals surface area contributed by atoms with Gasteiger partial charge in [-0.3, -0.25) is 4.79 Å². The van der Waals surface area contributed by atoms with E-state index in [4.69, 9.17) is 10.5 Å². The molecule has 0 fully saturated rings. The minimum absolute atomic E-state index is 0.214. The molecule has 0 aliphatic heterocycles. The lowest BCUT2D eigenvalue weighted by Gasteiger charge is -2.38. The molecule has 0 saturated carbocycles. The molecule has 4 nitrogen and oxygen atoms in total. The van der Waals surface area contributed by atoms with Gasteiger partial charge in [-0.05, 0) is 34.9 Å². The van der Waals surface area contributed by atoms with Gasteiger partial charge in [0, 0.05) is 12.1 Å². The maximum atomic E-state index is 11.6. The Morgan fingerprint density at radius 2 is 2.00 bits per heavy atom. The molecule has 0 rings (SSSR count). The molecule has 2 N–H and O–H groups in total. The van der Waals surface area contributed by atoms with E-state index in [2.05, 4.69) is 0 Å². The topological polar surface area (TPSA) is 55.6 Å². The summed E-state index contributed by atoms with van der Waals surface area (Å²) in [5, 5.41) is 0. The molecule has 4 heteroatoms. The first kappa shape index (κ1) is 13.4. The normalized spacial score (nSPS) is 14.2. The fourth-order valence-electron chi connectivity index (χ4n) is 1.23. The van der Waals surface area contributed by atoms with Crippen LogP contribution in [-0.4, -0.2) is 43.7 Å². The molecule has 0 bridgehead atoms. The van der Waals surface area contributed by atoms with Gasteiger partial charge < -0.3 is 15.4 Å². The molecule has 14 heavy (non-hydrogen) atoms. The Labute approximate surface area is 86.4 Å². The minimum atomic E-state index is -0.280. The van der Waals surface area contributed by atoms with Crippen LogP contribution in [0.3, 0.4) is 0 Å². The van der Waals surface area contributed by atoms with Crippen molar-refractivity contribution in [3.63, 3.8) is 0 Å². The highest BCUT2D eigenvalue weighted by Crippen LogP contribution is 2.22. The Balaban J connectivity index is 4.62. The molecular formula is C10H22N2O2. The van der Waals surface area contributed by atoms with E-state index < -0.39 is 0 Å². The lowest BCUT2D eigenvalue weighted by molar-refractivity contribution is -0.152. The lowest BCUT2D eigenvalue weighted by Crippen LogP contribution is -2.51. The molecule has 0 aromatic rings. The van der Waals surface area contributed by atoms with Gasteiger partial charge in [0.15, 0.2) is 0 Å². The van der Waals surface area contributed by atoms with Gasteiger partial charge in [0.1, 0.15) is 0 Å². The first-order valence-electron chi connectivity index (χ1n) is 4.92. The molecule has 0 aliphatic carbocycles. The summed E-state index contributed by atoms with van der Waals surface area (Å²) in [6, 6.07) is 0. The van der Waals surface area contributed by atoms with Crippen LogP contribution in [-0.2, 0) is 9.53 Å². The van der Waals surface area contributed by atoms with Gasteiger partial charge in [-0.2, -0.15) is 0 Å². The Bertz CT molecular complexity index is 191. The van der Waals surface area contributed by atoms with Crippen LogP contribution in [0.5, 0.6) is 0 Å². The standard InChI is InChI=1S/C10H22N2O2/c1-6-14-9(13)8(7-11)10(2,3)12(4)5/h8H,6-7,11H2,1-5H3/t8-/m1/s1. The van der Waals surface area contributed by atoms with Gasteiger partial charge >= 0.3 is 5.97 Å². The second-order valence-electron chi connectivity index (χ2n) is 4.09. The molecule has 84 valence electrons. The van der Waals surface area contributed by atoms with E-state index in [1.165, 1.54) is 0 Å². The fourth-order valence-corrected chi connectivity index (χ4v) is 1.23. The minimum Gasteiger partial charge on any atom is -0.466 e. The average Bonchev–Trinajstić information content (AvgIpc) is 2.04. The van der Waals surface area contributed by atoms with E-state index in [1.807, 2.05) is 32.8 Å². The number of ether oxygens (including phenoxy) is 1. The zero-order chi connectivity index (χ0) is 11.4. The van der Waals surface area contributed by atoms with Gasteiger partial charge in [-0.15, -0.1) is 0 Å². The lowest BCUT2D eigenvalue weighted by atomic mass is 9.86. The second-order valence-corrected chi connectivity index (χ2v) is 4.09. The highest BCUT2D eigenvalue weighted by molar-refractivity contribution is 5.74. The first-order valence-corrected chi connectivity index (χ1v) is 4.92. The summed E-state index contributed by atoms with van der Waals surface area (Å²) in [6.45, 7) is 6.49. The summed E-state index contributed by atoms with van der Waals surface area (Å²) in [7, 11) is 3.86. The predicted octanol–water partition coefficient (Wildman–Crippen LogP) is 0.465. The Morgan fingerprint density at radius 1 is 1.50 bits per heavy atom. The Hall–Kier alpha value is -0.610. The monoisotopic (exact) mass is 202 g/mol. The highest BCUT2D eigenvalue weighted by atomic mass is 16.5. The fraction of sp³-hybridized carbons (Fsp3) is 0.900. The maximum Gasteiger partial charge on any atom is 0.312 e. The van der Waals surface area contributed by atoms with E-state index in [0.29, 0.717) is 13.2 Å². The third kappa shape index (κ3) is 2.96. The predicted molar refractivity (Wildman–Crippen MR) is 56.9 cm³/mol. The summed E-state index contributed by atoms with van der Waals surface area (Å²) in [5.41, 5.74) is 5.32. The zero-order valence-corrected chi connectivity index (χ0v) is 9.83. The molecule has 1 atom stereocenters. The molecule has 0 amide bonds. The third-order valence-electron chi connectivity index (χ3n) is 2.81. The van der Waals surface area contributed by atoms with Crippen molar-refractivity contribution in [1.82, 2.24) is 4.90 Å². The highest BCUT2D eigenvalue weighted by Gasteiger charge is 2.36. The molecule has 0 unspecified atom stereocenters. The summed E-state index contributed by atoms with van der Waals surface area (Å²) in [6.07, 6.45) is 0. The second kappa shape index (κ2) is 5.32. The number of rotatable bonds is 5. The number of hydrogen-bond donors (Lipinski definition) is 1. The molecule has 0 aromatic heterocycles. The molecule has 0 aromatic carbocycles. The van der Waals surface area contributed by atoms with Crippen molar-refractivity contribution in [2.75, 3.05) is 27.2 Å². The van der Waals surface area contributed by atoms with Crippen LogP contribution >= 0.6 is 0 Å². The first-order chi connectivity index (χ1) is 6.37. The number of carbonyl (C=O) groups excluding carboxylic acids is 1. The molecule has 0 heterocycles. The molecule has 0 aliphatic rings. The van der Waals surface area contributed by atoms with E-state index in [9.17, 15) is 4.79 Å². The summed E-state index contributed by atoms with van der Waals surface area (Å²) >= 11 is 0. The van der Waals surface area contributed by atoms with Gasteiger partial charge in [-0.25, -0.2) is 0 Å². The van der Waals surface area contributed by atoms with Crippen molar-refractivity contribution < 1.29 is 9.53 Å².